The van der Waals surface area contributed by atoms with E-state index in [1.807, 2.05) is 13.8 Å². The van der Waals surface area contributed by atoms with Gasteiger partial charge in [-0.2, -0.15) is 0 Å². The number of amides is 1. The first-order valence-electron chi connectivity index (χ1n) is 8.32. The Bertz CT molecular complexity index is 436. The number of carbonyl (C=O) groups excluding carboxylic acids is 1. The molecule has 1 amide bonds. The molecule has 1 aromatic heterocycles. The molecule has 2 rings (SSSR count). The standard InChI is InChI=1S/C17H28N2O2S/c1-3-21-13-15-6-4-10-19(12-15)14(2)17(20)18-9-8-16-7-5-11-22-16/h5,7,11,14-15H,3-4,6,8-10,12-13H2,1-2H3,(H,18,20)/t14-,15-/m0/s1. The minimum atomic E-state index is -0.0484. The molecule has 1 saturated heterocycles. The third-order valence-corrected chi connectivity index (χ3v) is 5.22. The maximum atomic E-state index is 12.3. The summed E-state index contributed by atoms with van der Waals surface area (Å²) in [7, 11) is 0. The Morgan fingerprint density at radius 3 is 3.18 bits per heavy atom. The Kier molecular flexibility index (Phi) is 7.36. The molecule has 4 nitrogen and oxygen atoms in total. The summed E-state index contributed by atoms with van der Waals surface area (Å²) in [4.78, 5) is 15.9. The molecule has 0 aliphatic carbocycles. The van der Waals surface area contributed by atoms with Crippen LogP contribution < -0.4 is 5.32 Å². The van der Waals surface area contributed by atoms with Crippen molar-refractivity contribution in [3.63, 3.8) is 0 Å². The van der Waals surface area contributed by atoms with Gasteiger partial charge in [0.25, 0.3) is 0 Å². The lowest BCUT2D eigenvalue weighted by Crippen LogP contribution is -2.49. The normalized spacial score (nSPS) is 20.7. The van der Waals surface area contributed by atoms with Crippen molar-refractivity contribution in [2.24, 2.45) is 5.92 Å². The highest BCUT2D eigenvalue weighted by molar-refractivity contribution is 7.09. The monoisotopic (exact) mass is 324 g/mol. The van der Waals surface area contributed by atoms with Gasteiger partial charge < -0.3 is 10.1 Å². The molecule has 124 valence electrons. The number of hydrogen-bond acceptors (Lipinski definition) is 4. The van der Waals surface area contributed by atoms with Gasteiger partial charge in [-0.15, -0.1) is 11.3 Å². The molecule has 0 bridgehead atoms. The highest BCUT2D eigenvalue weighted by Crippen LogP contribution is 2.19. The number of ether oxygens (including phenoxy) is 1. The molecule has 2 heterocycles. The third kappa shape index (κ3) is 5.38. The topological polar surface area (TPSA) is 41.6 Å². The predicted octanol–water partition coefficient (Wildman–Crippen LogP) is 2.54. The minimum Gasteiger partial charge on any atom is -0.381 e. The molecule has 0 saturated carbocycles. The Balaban J connectivity index is 1.72. The molecule has 22 heavy (non-hydrogen) atoms. The first-order chi connectivity index (χ1) is 10.7. The summed E-state index contributed by atoms with van der Waals surface area (Å²) in [5.74, 6) is 0.712. The van der Waals surface area contributed by atoms with Crippen LogP contribution in [0.1, 0.15) is 31.6 Å². The van der Waals surface area contributed by atoms with Gasteiger partial charge in [-0.05, 0) is 57.0 Å². The van der Waals surface area contributed by atoms with E-state index in [-0.39, 0.29) is 11.9 Å². The number of nitrogens with one attached hydrogen (secondary N) is 1. The molecule has 0 unspecified atom stereocenters. The highest BCUT2D eigenvalue weighted by Gasteiger charge is 2.27. The van der Waals surface area contributed by atoms with E-state index in [0.717, 1.165) is 45.7 Å². The average Bonchev–Trinajstić information content (AvgIpc) is 3.05. The van der Waals surface area contributed by atoms with Crippen LogP contribution in [0.15, 0.2) is 17.5 Å². The first kappa shape index (κ1) is 17.4. The van der Waals surface area contributed by atoms with Gasteiger partial charge >= 0.3 is 0 Å². The van der Waals surface area contributed by atoms with E-state index in [0.29, 0.717) is 5.92 Å². The fourth-order valence-corrected chi connectivity index (χ4v) is 3.66. The van der Waals surface area contributed by atoms with Crippen LogP contribution in [0.4, 0.5) is 0 Å². The van der Waals surface area contributed by atoms with Crippen LogP contribution in [0.2, 0.25) is 0 Å². The molecule has 1 aliphatic rings. The lowest BCUT2D eigenvalue weighted by Gasteiger charge is -2.36. The number of thiophene rings is 1. The van der Waals surface area contributed by atoms with Gasteiger partial charge in [-0.25, -0.2) is 0 Å². The smallest absolute Gasteiger partial charge is 0.237 e. The van der Waals surface area contributed by atoms with Crippen molar-refractivity contribution in [3.8, 4) is 0 Å². The molecule has 0 spiro atoms. The van der Waals surface area contributed by atoms with Crippen molar-refractivity contribution in [1.82, 2.24) is 10.2 Å². The zero-order chi connectivity index (χ0) is 15.8. The summed E-state index contributed by atoms with van der Waals surface area (Å²) in [6.07, 6.45) is 3.29. The first-order valence-corrected chi connectivity index (χ1v) is 9.20. The van der Waals surface area contributed by atoms with Crippen molar-refractivity contribution in [2.75, 3.05) is 32.8 Å². The van der Waals surface area contributed by atoms with Crippen molar-refractivity contribution in [2.45, 2.75) is 39.2 Å². The molecule has 0 aromatic carbocycles. The molecule has 1 aromatic rings. The van der Waals surface area contributed by atoms with E-state index < -0.39 is 0 Å². The van der Waals surface area contributed by atoms with Crippen LogP contribution in [0.5, 0.6) is 0 Å². The molecule has 5 heteroatoms. The molecule has 1 N–H and O–H groups in total. The van der Waals surface area contributed by atoms with Crippen LogP contribution in [0.25, 0.3) is 0 Å². The van der Waals surface area contributed by atoms with Gasteiger partial charge in [-0.3, -0.25) is 9.69 Å². The summed E-state index contributed by atoms with van der Waals surface area (Å²) in [5.41, 5.74) is 0. The van der Waals surface area contributed by atoms with Crippen molar-refractivity contribution < 1.29 is 9.53 Å². The highest BCUT2D eigenvalue weighted by atomic mass is 32.1. The zero-order valence-corrected chi connectivity index (χ0v) is 14.5. The second-order valence-electron chi connectivity index (χ2n) is 5.96. The molecular formula is C17H28N2O2S. The van der Waals surface area contributed by atoms with E-state index >= 15 is 0 Å². The Morgan fingerprint density at radius 1 is 1.59 bits per heavy atom. The molecule has 0 radical (unpaired) electrons. The largest absolute Gasteiger partial charge is 0.381 e. The van der Waals surface area contributed by atoms with Gasteiger partial charge in [0.05, 0.1) is 12.6 Å². The summed E-state index contributed by atoms with van der Waals surface area (Å²) >= 11 is 1.74. The maximum Gasteiger partial charge on any atom is 0.237 e. The van der Waals surface area contributed by atoms with Crippen molar-refractivity contribution >= 4 is 17.2 Å². The third-order valence-electron chi connectivity index (χ3n) is 4.29. The Hall–Kier alpha value is -0.910. The summed E-state index contributed by atoms with van der Waals surface area (Å²) < 4.78 is 5.54. The van der Waals surface area contributed by atoms with Gasteiger partial charge in [0, 0.05) is 24.6 Å². The Morgan fingerprint density at radius 2 is 2.45 bits per heavy atom. The second-order valence-corrected chi connectivity index (χ2v) is 6.99. The van der Waals surface area contributed by atoms with Crippen LogP contribution in [0.3, 0.4) is 0 Å². The molecular weight excluding hydrogens is 296 g/mol. The van der Waals surface area contributed by atoms with E-state index in [9.17, 15) is 4.79 Å². The van der Waals surface area contributed by atoms with Crippen molar-refractivity contribution in [3.05, 3.63) is 22.4 Å². The maximum absolute atomic E-state index is 12.3. The molecule has 1 fully saturated rings. The van der Waals surface area contributed by atoms with Crippen molar-refractivity contribution in [1.29, 1.82) is 0 Å². The molecule has 2 atom stereocenters. The van der Waals surface area contributed by atoms with Gasteiger partial charge in [0.15, 0.2) is 0 Å². The van der Waals surface area contributed by atoms with Crippen LogP contribution in [0, 0.1) is 5.92 Å². The minimum absolute atomic E-state index is 0.0484. The van der Waals surface area contributed by atoms with Gasteiger partial charge in [0.1, 0.15) is 0 Å². The van der Waals surface area contributed by atoms with E-state index in [2.05, 4.69) is 27.7 Å². The zero-order valence-electron chi connectivity index (χ0n) is 13.7. The fourth-order valence-electron chi connectivity index (χ4n) is 2.95. The van der Waals surface area contributed by atoms with E-state index in [1.165, 1.54) is 11.3 Å². The van der Waals surface area contributed by atoms with Gasteiger partial charge in [0.2, 0.25) is 5.91 Å². The predicted molar refractivity (Wildman–Crippen MR) is 91.3 cm³/mol. The number of nitrogens with zero attached hydrogens (tertiary/aromatic N) is 1. The fraction of sp³-hybridized carbons (Fsp3) is 0.706. The summed E-state index contributed by atoms with van der Waals surface area (Å²) in [6, 6.07) is 4.12. The number of carbonyl (C=O) groups is 1. The summed E-state index contributed by atoms with van der Waals surface area (Å²) in [5, 5.41) is 5.15. The lowest BCUT2D eigenvalue weighted by atomic mass is 9.97. The van der Waals surface area contributed by atoms with Gasteiger partial charge in [-0.1, -0.05) is 6.07 Å². The average molecular weight is 324 g/mol. The summed E-state index contributed by atoms with van der Waals surface area (Å²) in [6.45, 7) is 8.35. The van der Waals surface area contributed by atoms with Crippen LogP contribution in [-0.2, 0) is 16.0 Å². The lowest BCUT2D eigenvalue weighted by molar-refractivity contribution is -0.126. The molecule has 1 aliphatic heterocycles. The number of likely N-dealkylation sites (tertiary alicyclic amines) is 1. The Labute approximate surface area is 137 Å². The van der Waals surface area contributed by atoms with E-state index in [1.54, 1.807) is 11.3 Å². The number of piperidine rings is 1. The number of rotatable bonds is 8. The SMILES string of the molecule is CCOC[C@H]1CCCN([C@@H](C)C(=O)NCCc2cccs2)C1. The number of hydrogen-bond donors (Lipinski definition) is 1. The second kappa shape index (κ2) is 9.28. The van der Waals surface area contributed by atoms with E-state index in [4.69, 9.17) is 4.74 Å². The van der Waals surface area contributed by atoms with Crippen LogP contribution in [-0.4, -0.2) is 49.7 Å². The van der Waals surface area contributed by atoms with Crippen LogP contribution >= 0.6 is 11.3 Å². The quantitative estimate of drug-likeness (QED) is 0.799.